The number of allylic oxidation sites excluding steroid dienone is 4. The molecule has 8 bridgehead atoms. The first-order chi connectivity index (χ1) is 28.2. The van der Waals surface area contributed by atoms with Gasteiger partial charge < -0.3 is 19.4 Å². The quantitative estimate of drug-likeness (QED) is 0.173. The number of aromatic amines is 2. The van der Waals surface area contributed by atoms with Gasteiger partial charge in [-0.15, -0.1) is 23.2 Å². The average molecular weight is 824 g/mol. The molecule has 2 atom stereocenters. The van der Waals surface area contributed by atoms with Crippen LogP contribution >= 0.6 is 23.2 Å². The minimum absolute atomic E-state index is 0.296. The Hall–Kier alpha value is -4.78. The molecule has 0 spiro atoms. The monoisotopic (exact) mass is 822 g/mol. The highest BCUT2D eigenvalue weighted by Gasteiger charge is 2.87. The van der Waals surface area contributed by atoms with E-state index in [4.69, 9.17) is 42.6 Å². The van der Waals surface area contributed by atoms with Crippen molar-refractivity contribution in [1.82, 2.24) is 19.9 Å². The second-order valence-corrected chi connectivity index (χ2v) is 19.0. The minimum Gasteiger partial charge on any atom is -0.496 e. The van der Waals surface area contributed by atoms with E-state index in [-0.39, 0.29) is 10.8 Å². The van der Waals surface area contributed by atoms with Crippen molar-refractivity contribution >= 4 is 67.6 Å². The van der Waals surface area contributed by atoms with E-state index in [9.17, 15) is 0 Å². The number of fused-ring (bicyclic) bond motifs is 10. The van der Waals surface area contributed by atoms with Gasteiger partial charge in [0.05, 0.1) is 37.0 Å². The van der Waals surface area contributed by atoms with Gasteiger partial charge in [0.15, 0.2) is 0 Å². The Morgan fingerprint density at radius 1 is 0.576 bits per heavy atom. The van der Waals surface area contributed by atoms with Crippen molar-refractivity contribution in [3.05, 3.63) is 116 Å². The number of benzene rings is 2. The SMILES string of the molecule is CCc1c(C)c2cc3nc(c(-c4ccc5c(c4)C[C@@]46Cc7c(OC)ccc(OC)c7C[C@]4(C5)C6(Cl)Cl)c4nc(cc5[nH]c(cc1[nH]2)c(CC)c5C)C(C)=C4C)C(C)=C3C. The molecule has 1 saturated carbocycles. The maximum atomic E-state index is 7.55. The molecule has 302 valence electrons. The number of rotatable bonds is 5. The summed E-state index contributed by atoms with van der Waals surface area (Å²) in [6.45, 7) is 17.8. The molecule has 8 heteroatoms. The predicted octanol–water partition coefficient (Wildman–Crippen LogP) is 12.7. The summed E-state index contributed by atoms with van der Waals surface area (Å²) in [6.07, 6.45) is 4.91. The third kappa shape index (κ3) is 5.05. The third-order valence-corrected chi connectivity index (χ3v) is 16.7. The van der Waals surface area contributed by atoms with Crippen LogP contribution in [0.15, 0.2) is 48.5 Å². The molecule has 3 aliphatic carbocycles. The molecule has 0 unspecified atom stereocenters. The Morgan fingerprint density at radius 3 is 1.51 bits per heavy atom. The van der Waals surface area contributed by atoms with Crippen LogP contribution in [0.3, 0.4) is 0 Å². The van der Waals surface area contributed by atoms with Crippen LogP contribution < -0.4 is 9.47 Å². The van der Waals surface area contributed by atoms with Crippen LogP contribution in [0.4, 0.5) is 0 Å². The van der Waals surface area contributed by atoms with E-state index >= 15 is 0 Å². The fraction of sp³-hybridized carbons (Fsp3) is 0.373. The van der Waals surface area contributed by atoms with E-state index < -0.39 is 4.33 Å². The number of aromatic nitrogens is 4. The van der Waals surface area contributed by atoms with Crippen molar-refractivity contribution in [2.45, 2.75) is 98.2 Å². The van der Waals surface area contributed by atoms with Crippen LogP contribution in [-0.4, -0.2) is 38.5 Å². The Labute approximate surface area is 357 Å². The molecule has 3 aromatic heterocycles. The van der Waals surface area contributed by atoms with Crippen LogP contribution in [0.25, 0.3) is 55.5 Å². The average Bonchev–Trinajstić information content (AvgIpc) is 3.68. The van der Waals surface area contributed by atoms with Crippen molar-refractivity contribution in [3.8, 4) is 22.6 Å². The summed E-state index contributed by atoms with van der Waals surface area (Å²) < 4.78 is 10.9. The first-order valence-corrected chi connectivity index (χ1v) is 21.8. The van der Waals surface area contributed by atoms with E-state index in [1.165, 1.54) is 50.1 Å². The normalized spacial score (nSPS) is 21.2. The van der Waals surface area contributed by atoms with E-state index in [0.29, 0.717) is 0 Å². The van der Waals surface area contributed by atoms with E-state index in [1.807, 2.05) is 12.1 Å². The molecule has 59 heavy (non-hydrogen) atoms. The van der Waals surface area contributed by atoms with Gasteiger partial charge >= 0.3 is 0 Å². The highest BCUT2D eigenvalue weighted by molar-refractivity contribution is 6.52. The van der Waals surface area contributed by atoms with E-state index in [2.05, 4.69) is 102 Å². The summed E-state index contributed by atoms with van der Waals surface area (Å²) >= 11 is 15.1. The molecule has 5 aromatic rings. The molecule has 1 fully saturated rings. The molecule has 2 N–H and O–H groups in total. The second-order valence-electron chi connectivity index (χ2n) is 17.7. The third-order valence-electron chi connectivity index (χ3n) is 15.3. The zero-order chi connectivity index (χ0) is 41.5. The van der Waals surface area contributed by atoms with Gasteiger partial charge in [0.1, 0.15) is 15.8 Å². The Kier molecular flexibility index (Phi) is 8.54. The lowest BCUT2D eigenvalue weighted by Crippen LogP contribution is -2.33. The van der Waals surface area contributed by atoms with Gasteiger partial charge in [-0.3, -0.25) is 0 Å². The summed E-state index contributed by atoms with van der Waals surface area (Å²) in [5.41, 5.74) is 24.6. The topological polar surface area (TPSA) is 75.8 Å². The first-order valence-electron chi connectivity index (χ1n) is 21.1. The maximum Gasteiger partial charge on any atom is 0.132 e. The molecule has 0 saturated heterocycles. The van der Waals surface area contributed by atoms with Crippen LogP contribution in [0.2, 0.25) is 0 Å². The number of aryl methyl sites for hydroxylation is 4. The first kappa shape index (κ1) is 38.4. The second kappa shape index (κ2) is 13.1. The number of H-pyrrole nitrogens is 2. The molecule has 2 aliphatic heterocycles. The molecule has 2 aromatic carbocycles. The van der Waals surface area contributed by atoms with Crippen molar-refractivity contribution < 1.29 is 9.47 Å². The number of methoxy groups -OCH3 is 2. The Morgan fingerprint density at radius 2 is 1.05 bits per heavy atom. The Balaban J connectivity index is 1.23. The minimum atomic E-state index is -0.903. The van der Waals surface area contributed by atoms with Crippen LogP contribution in [0.5, 0.6) is 11.5 Å². The molecule has 0 radical (unpaired) electrons. The number of ether oxygens (including phenoxy) is 2. The van der Waals surface area contributed by atoms with Gasteiger partial charge in [0, 0.05) is 49.6 Å². The van der Waals surface area contributed by atoms with Gasteiger partial charge in [0.2, 0.25) is 0 Å². The van der Waals surface area contributed by atoms with Gasteiger partial charge in [0.25, 0.3) is 0 Å². The van der Waals surface area contributed by atoms with Gasteiger partial charge in [-0.25, -0.2) is 9.97 Å². The molecule has 10 rings (SSSR count). The highest BCUT2D eigenvalue weighted by Crippen LogP contribution is 2.85. The molecule has 5 aliphatic rings. The largest absolute Gasteiger partial charge is 0.496 e. The van der Waals surface area contributed by atoms with Crippen molar-refractivity contribution in [1.29, 1.82) is 0 Å². The zero-order valence-electron chi connectivity index (χ0n) is 35.8. The van der Waals surface area contributed by atoms with Gasteiger partial charge in [-0.2, -0.15) is 0 Å². The Bertz CT molecular complexity index is 2830. The molecular formula is C51H52Cl2N4O2. The smallest absolute Gasteiger partial charge is 0.132 e. The van der Waals surface area contributed by atoms with E-state index in [1.54, 1.807) is 14.2 Å². The summed E-state index contributed by atoms with van der Waals surface area (Å²) in [6, 6.07) is 17.8. The fourth-order valence-corrected chi connectivity index (χ4v) is 12.6. The van der Waals surface area contributed by atoms with Crippen molar-refractivity contribution in [2.75, 3.05) is 14.2 Å². The number of hydrogen-bond donors (Lipinski definition) is 2. The number of hydrogen-bond acceptors (Lipinski definition) is 4. The van der Waals surface area contributed by atoms with Crippen LogP contribution in [-0.2, 0) is 38.5 Å². The molecule has 5 heterocycles. The van der Waals surface area contributed by atoms with Crippen LogP contribution in [0, 0.1) is 24.7 Å². The van der Waals surface area contributed by atoms with Crippen molar-refractivity contribution in [2.24, 2.45) is 10.8 Å². The number of halogens is 2. The lowest BCUT2D eigenvalue weighted by atomic mass is 9.66. The summed E-state index contributed by atoms with van der Waals surface area (Å²) in [5, 5.41) is 0. The molecule has 6 nitrogen and oxygen atoms in total. The number of alkyl halides is 2. The standard InChI is InChI=1S/C51H52Cl2N4O2/c1-11-34-29(7)40-18-38-25(3)27(5)47(56-38)46(48-28(6)26(4)39(57-48)19-41-30(8)35(12-2)43(55-41)20-42(34)54-40)31-13-14-32-21-49-23-36-37(45(59-10)16-15-44(36)58-9)24-50(49,51(49,52)53)22-33(32)17-31/h13-20,54-55H,11-12,21-24H2,1-10H3/t49-,50+/m0/s1. The summed E-state index contributed by atoms with van der Waals surface area (Å²) in [4.78, 5) is 18.7. The van der Waals surface area contributed by atoms with Gasteiger partial charge in [-0.05, 0) is 172 Å². The summed E-state index contributed by atoms with van der Waals surface area (Å²) in [5.74, 6) is 1.74. The molecule has 0 amide bonds. The summed E-state index contributed by atoms with van der Waals surface area (Å²) in [7, 11) is 3.48. The molecular weight excluding hydrogens is 771 g/mol. The van der Waals surface area contributed by atoms with E-state index in [0.717, 1.165) is 123 Å². The lowest BCUT2D eigenvalue weighted by Gasteiger charge is -2.37. The van der Waals surface area contributed by atoms with Gasteiger partial charge in [-0.1, -0.05) is 32.0 Å². The number of nitrogens with one attached hydrogen (secondary N) is 2. The lowest BCUT2D eigenvalue weighted by molar-refractivity contribution is 0.274. The zero-order valence-corrected chi connectivity index (χ0v) is 37.3. The highest BCUT2D eigenvalue weighted by atomic mass is 35.5. The fourth-order valence-electron chi connectivity index (χ4n) is 11.5. The maximum absolute atomic E-state index is 7.55. The predicted molar refractivity (Wildman–Crippen MR) is 245 cm³/mol. The number of nitrogens with zero attached hydrogens (tertiary/aromatic N) is 2. The van der Waals surface area contributed by atoms with Crippen LogP contribution in [0.1, 0.15) is 109 Å². The van der Waals surface area contributed by atoms with Crippen molar-refractivity contribution in [3.63, 3.8) is 0 Å².